The van der Waals surface area contributed by atoms with E-state index in [0.29, 0.717) is 0 Å². The fourth-order valence-electron chi connectivity index (χ4n) is 0.263. The van der Waals surface area contributed by atoms with Crippen LogP contribution in [0.3, 0.4) is 0 Å². The van der Waals surface area contributed by atoms with Gasteiger partial charge in [0.2, 0.25) is 0 Å². The van der Waals surface area contributed by atoms with E-state index < -0.39 is 5.95 Å². The monoisotopic (exact) mass is 101 g/mol. The van der Waals surface area contributed by atoms with E-state index in [-0.39, 0.29) is 6.10 Å². The molecule has 2 nitrogen and oxygen atoms in total. The molecule has 0 N–H and O–H groups in total. The molecule has 0 rings (SSSR count). The molecular weight excluding hydrogens is 92.1 g/mol. The molecule has 1 radical (unpaired) electrons. The quantitative estimate of drug-likeness (QED) is 0.482. The molecule has 0 heterocycles. The highest BCUT2D eigenvalue weighted by molar-refractivity contribution is 4.62. The standard InChI is InChI=1S/C5H9O2/c1-4(2)7-5(3)6/h4H,3H2,1-2H3. The fourth-order valence-corrected chi connectivity index (χ4v) is 0.263. The first-order valence-corrected chi connectivity index (χ1v) is 2.15. The molecule has 0 aromatic rings. The molecule has 0 aliphatic heterocycles. The van der Waals surface area contributed by atoms with Gasteiger partial charge in [-0.25, -0.2) is 5.11 Å². The van der Waals surface area contributed by atoms with Crippen molar-refractivity contribution in [2.75, 3.05) is 0 Å². The Balaban J connectivity index is 3.13. The van der Waals surface area contributed by atoms with E-state index in [4.69, 9.17) is 0 Å². The first kappa shape index (κ1) is 6.34. The van der Waals surface area contributed by atoms with Crippen molar-refractivity contribution in [1.29, 1.82) is 0 Å². The van der Waals surface area contributed by atoms with E-state index >= 15 is 0 Å². The van der Waals surface area contributed by atoms with E-state index in [2.05, 4.69) is 11.3 Å². The zero-order valence-corrected chi connectivity index (χ0v) is 4.60. The van der Waals surface area contributed by atoms with Crippen LogP contribution in [0.2, 0.25) is 0 Å². The average Bonchev–Trinajstić information content (AvgIpc) is 1.27. The summed E-state index contributed by atoms with van der Waals surface area (Å²) in [6.45, 7) is 6.58. The highest BCUT2D eigenvalue weighted by atomic mass is 16.6. The SMILES string of the molecule is C=C([O])OC(C)C. The lowest BCUT2D eigenvalue weighted by atomic mass is 10.5. The second kappa shape index (κ2) is 2.50. The van der Waals surface area contributed by atoms with Crippen molar-refractivity contribution in [3.8, 4) is 0 Å². The molecule has 0 aromatic carbocycles. The molecule has 0 fully saturated rings. The van der Waals surface area contributed by atoms with E-state index in [1.54, 1.807) is 13.8 Å². The van der Waals surface area contributed by atoms with Crippen LogP contribution < -0.4 is 0 Å². The van der Waals surface area contributed by atoms with Crippen molar-refractivity contribution in [3.63, 3.8) is 0 Å². The highest BCUT2D eigenvalue weighted by Gasteiger charge is 1.93. The average molecular weight is 101 g/mol. The molecule has 0 aliphatic rings. The topological polar surface area (TPSA) is 29.1 Å². The molecule has 0 atom stereocenters. The van der Waals surface area contributed by atoms with E-state index in [0.717, 1.165) is 0 Å². The Bertz CT molecular complexity index is 66.5. The van der Waals surface area contributed by atoms with Gasteiger partial charge in [0.25, 0.3) is 0 Å². The minimum absolute atomic E-state index is 0.0370. The number of ether oxygens (including phenoxy) is 1. The molecule has 0 aromatic heterocycles. The largest absolute Gasteiger partial charge is 0.460 e. The summed E-state index contributed by atoms with van der Waals surface area (Å²) in [7, 11) is 0. The Hall–Kier alpha value is -0.660. The summed E-state index contributed by atoms with van der Waals surface area (Å²) in [6.07, 6.45) is -0.0370. The predicted octanol–water partition coefficient (Wildman–Crippen LogP) is 1.31. The maximum absolute atomic E-state index is 9.92. The molecule has 0 bridgehead atoms. The highest BCUT2D eigenvalue weighted by Crippen LogP contribution is 1.93. The van der Waals surface area contributed by atoms with Gasteiger partial charge < -0.3 is 4.74 Å². The lowest BCUT2D eigenvalue weighted by molar-refractivity contribution is 0.0210. The van der Waals surface area contributed by atoms with E-state index in [1.807, 2.05) is 0 Å². The van der Waals surface area contributed by atoms with Gasteiger partial charge in [0.05, 0.1) is 6.10 Å². The lowest BCUT2D eigenvalue weighted by Gasteiger charge is -2.02. The van der Waals surface area contributed by atoms with Gasteiger partial charge in [-0.05, 0) is 20.4 Å². The summed E-state index contributed by atoms with van der Waals surface area (Å²) in [5.41, 5.74) is 0. The summed E-state index contributed by atoms with van der Waals surface area (Å²) >= 11 is 0. The van der Waals surface area contributed by atoms with Gasteiger partial charge in [-0.3, -0.25) is 0 Å². The zero-order chi connectivity index (χ0) is 5.86. The van der Waals surface area contributed by atoms with Crippen molar-refractivity contribution in [1.82, 2.24) is 0 Å². The van der Waals surface area contributed by atoms with Gasteiger partial charge in [-0.2, -0.15) is 0 Å². The Morgan fingerprint density at radius 2 is 2.14 bits per heavy atom. The predicted molar refractivity (Wildman–Crippen MR) is 26.0 cm³/mol. The first-order valence-electron chi connectivity index (χ1n) is 2.15. The van der Waals surface area contributed by atoms with Gasteiger partial charge >= 0.3 is 5.95 Å². The van der Waals surface area contributed by atoms with Crippen LogP contribution in [0.5, 0.6) is 0 Å². The molecule has 7 heavy (non-hydrogen) atoms. The van der Waals surface area contributed by atoms with Crippen LogP contribution in [0.25, 0.3) is 0 Å². The Labute approximate surface area is 43.4 Å². The molecule has 0 aliphatic carbocycles. The summed E-state index contributed by atoms with van der Waals surface area (Å²) in [6, 6.07) is 0. The van der Waals surface area contributed by atoms with Crippen LogP contribution in [0, 0.1) is 0 Å². The van der Waals surface area contributed by atoms with Crippen molar-refractivity contribution >= 4 is 0 Å². The molecule has 2 heteroatoms. The molecule has 0 saturated heterocycles. The molecule has 0 spiro atoms. The van der Waals surface area contributed by atoms with Crippen LogP contribution in [0.4, 0.5) is 0 Å². The van der Waals surface area contributed by atoms with Crippen molar-refractivity contribution in [3.05, 3.63) is 12.5 Å². The van der Waals surface area contributed by atoms with Gasteiger partial charge in [0.15, 0.2) is 0 Å². The van der Waals surface area contributed by atoms with Crippen molar-refractivity contribution < 1.29 is 9.84 Å². The summed E-state index contributed by atoms with van der Waals surface area (Å²) in [5, 5.41) is 9.92. The maximum Gasteiger partial charge on any atom is 0.323 e. The number of rotatable bonds is 2. The van der Waals surface area contributed by atoms with Crippen molar-refractivity contribution in [2.24, 2.45) is 0 Å². The molecular formula is C5H9O2. The van der Waals surface area contributed by atoms with Crippen LogP contribution in [-0.4, -0.2) is 6.10 Å². The minimum atomic E-state index is -0.463. The second-order valence-corrected chi connectivity index (χ2v) is 1.54. The third kappa shape index (κ3) is 5.34. The first-order chi connectivity index (χ1) is 3.13. The molecule has 0 amide bonds. The molecule has 0 unspecified atom stereocenters. The van der Waals surface area contributed by atoms with Gasteiger partial charge in [0.1, 0.15) is 0 Å². The number of hydrogen-bond donors (Lipinski definition) is 0. The minimum Gasteiger partial charge on any atom is -0.460 e. The van der Waals surface area contributed by atoms with E-state index in [1.165, 1.54) is 0 Å². The summed E-state index contributed by atoms with van der Waals surface area (Å²) < 4.78 is 4.50. The second-order valence-electron chi connectivity index (χ2n) is 1.54. The van der Waals surface area contributed by atoms with Crippen LogP contribution >= 0.6 is 0 Å². The summed E-state index contributed by atoms with van der Waals surface area (Å²) in [4.78, 5) is 0. The Morgan fingerprint density at radius 1 is 1.71 bits per heavy atom. The van der Waals surface area contributed by atoms with Crippen LogP contribution in [0.15, 0.2) is 12.5 Å². The van der Waals surface area contributed by atoms with Crippen LogP contribution in [0.1, 0.15) is 13.8 Å². The van der Waals surface area contributed by atoms with Gasteiger partial charge in [-0.15, -0.1) is 0 Å². The molecule has 0 saturated carbocycles. The maximum atomic E-state index is 9.92. The lowest BCUT2D eigenvalue weighted by Crippen LogP contribution is -1.98. The van der Waals surface area contributed by atoms with Crippen LogP contribution in [-0.2, 0) is 9.84 Å². The van der Waals surface area contributed by atoms with E-state index in [9.17, 15) is 5.11 Å². The smallest absolute Gasteiger partial charge is 0.323 e. The summed E-state index contributed by atoms with van der Waals surface area (Å²) in [5.74, 6) is -0.463. The number of hydrogen-bond acceptors (Lipinski definition) is 1. The zero-order valence-electron chi connectivity index (χ0n) is 4.60. The molecule has 41 valence electrons. The van der Waals surface area contributed by atoms with Crippen molar-refractivity contribution in [2.45, 2.75) is 20.0 Å². The fraction of sp³-hybridized carbons (Fsp3) is 0.600. The third-order valence-corrected chi connectivity index (χ3v) is 0.367. The Morgan fingerprint density at radius 3 is 2.14 bits per heavy atom. The normalized spacial score (nSPS) is 9.00. The third-order valence-electron chi connectivity index (χ3n) is 0.367. The van der Waals surface area contributed by atoms with Gasteiger partial charge in [0, 0.05) is 0 Å². The van der Waals surface area contributed by atoms with Gasteiger partial charge in [-0.1, -0.05) is 0 Å². The Kier molecular flexibility index (Phi) is 2.27.